The molecular formula is C18H12F5NO2. The van der Waals surface area contributed by atoms with Crippen LogP contribution in [0.4, 0.5) is 22.0 Å². The molecule has 0 radical (unpaired) electrons. The van der Waals surface area contributed by atoms with Crippen LogP contribution in [-0.4, -0.2) is 11.7 Å². The predicted octanol–water partition coefficient (Wildman–Crippen LogP) is 3.91. The molecule has 8 heteroatoms. The summed E-state index contributed by atoms with van der Waals surface area (Å²) in [4.78, 5) is 22.7. The van der Waals surface area contributed by atoms with Crippen LogP contribution in [0.5, 0.6) is 0 Å². The standard InChI is InChI=1S/C18H12F5NO2/c1-9(25)2-3-10-4-6-11(7-5-10)8-24-18(26)12-13(19)15(21)17(23)16(22)14(12)20/h2-7H,8H2,1H3,(H,24,26)/b3-2+. The Labute approximate surface area is 145 Å². The summed E-state index contributed by atoms with van der Waals surface area (Å²) in [5, 5.41) is 2.09. The number of hydrogen-bond acceptors (Lipinski definition) is 2. The number of amides is 1. The van der Waals surface area contributed by atoms with E-state index in [0.29, 0.717) is 11.1 Å². The highest BCUT2D eigenvalue weighted by atomic mass is 19.2. The molecule has 0 aliphatic rings. The fourth-order valence-electron chi connectivity index (χ4n) is 2.04. The van der Waals surface area contributed by atoms with Crippen LogP contribution in [0, 0.1) is 29.1 Å². The van der Waals surface area contributed by atoms with Crippen molar-refractivity contribution in [3.8, 4) is 0 Å². The monoisotopic (exact) mass is 369 g/mol. The number of rotatable bonds is 5. The van der Waals surface area contributed by atoms with Crippen molar-refractivity contribution in [2.45, 2.75) is 13.5 Å². The van der Waals surface area contributed by atoms with Crippen LogP contribution in [-0.2, 0) is 11.3 Å². The quantitative estimate of drug-likeness (QED) is 0.376. The summed E-state index contributed by atoms with van der Waals surface area (Å²) >= 11 is 0. The molecule has 1 N–H and O–H groups in total. The largest absolute Gasteiger partial charge is 0.348 e. The van der Waals surface area contributed by atoms with Crippen LogP contribution in [0.1, 0.15) is 28.4 Å². The molecule has 136 valence electrons. The second-order valence-electron chi connectivity index (χ2n) is 5.31. The molecule has 2 aromatic rings. The van der Waals surface area contributed by atoms with Gasteiger partial charge in [0, 0.05) is 6.54 Å². The van der Waals surface area contributed by atoms with Crippen molar-refractivity contribution in [3.05, 3.63) is 76.1 Å². The molecule has 0 aromatic heterocycles. The first kappa shape index (κ1) is 19.3. The molecule has 0 spiro atoms. The third-order valence-electron chi connectivity index (χ3n) is 3.38. The summed E-state index contributed by atoms with van der Waals surface area (Å²) in [5.74, 6) is -12.6. The van der Waals surface area contributed by atoms with E-state index >= 15 is 0 Å². The summed E-state index contributed by atoms with van der Waals surface area (Å²) in [5.41, 5.74) is -0.320. The van der Waals surface area contributed by atoms with Crippen molar-refractivity contribution in [1.29, 1.82) is 0 Å². The molecule has 0 unspecified atom stereocenters. The maximum Gasteiger partial charge on any atom is 0.257 e. The Bertz CT molecular complexity index is 862. The molecule has 0 aliphatic heterocycles. The summed E-state index contributed by atoms with van der Waals surface area (Å²) in [6, 6.07) is 6.38. The normalized spacial score (nSPS) is 11.0. The van der Waals surface area contributed by atoms with Crippen LogP contribution in [0.25, 0.3) is 6.08 Å². The average molecular weight is 369 g/mol. The minimum atomic E-state index is -2.33. The van der Waals surface area contributed by atoms with Gasteiger partial charge in [-0.25, -0.2) is 22.0 Å². The van der Waals surface area contributed by atoms with Crippen LogP contribution >= 0.6 is 0 Å². The summed E-state index contributed by atoms with van der Waals surface area (Å²) in [6.45, 7) is 1.19. The molecule has 2 rings (SSSR count). The molecule has 26 heavy (non-hydrogen) atoms. The van der Waals surface area contributed by atoms with Gasteiger partial charge in [-0.2, -0.15) is 0 Å². The Morgan fingerprint density at radius 3 is 1.88 bits per heavy atom. The Morgan fingerprint density at radius 2 is 1.38 bits per heavy atom. The topological polar surface area (TPSA) is 46.2 Å². The lowest BCUT2D eigenvalue weighted by Crippen LogP contribution is -2.26. The molecule has 0 saturated carbocycles. The highest BCUT2D eigenvalue weighted by molar-refractivity contribution is 5.94. The molecule has 0 fully saturated rings. The predicted molar refractivity (Wildman–Crippen MR) is 83.6 cm³/mol. The average Bonchev–Trinajstić information content (AvgIpc) is 2.62. The molecule has 0 aliphatic carbocycles. The van der Waals surface area contributed by atoms with Gasteiger partial charge in [0.25, 0.3) is 5.91 Å². The van der Waals surface area contributed by atoms with Gasteiger partial charge in [0.1, 0.15) is 5.56 Å². The lowest BCUT2D eigenvalue weighted by atomic mass is 10.1. The molecule has 0 bridgehead atoms. The van der Waals surface area contributed by atoms with E-state index in [1.807, 2.05) is 0 Å². The summed E-state index contributed by atoms with van der Waals surface area (Å²) in [6.07, 6.45) is 2.93. The van der Waals surface area contributed by atoms with E-state index in [-0.39, 0.29) is 12.3 Å². The van der Waals surface area contributed by atoms with E-state index in [1.165, 1.54) is 13.0 Å². The maximum atomic E-state index is 13.6. The van der Waals surface area contributed by atoms with Crippen molar-refractivity contribution >= 4 is 17.8 Å². The molecule has 3 nitrogen and oxygen atoms in total. The number of carbonyl (C=O) groups excluding carboxylic acids is 2. The zero-order chi connectivity index (χ0) is 19.4. The second-order valence-corrected chi connectivity index (χ2v) is 5.31. The van der Waals surface area contributed by atoms with Gasteiger partial charge >= 0.3 is 0 Å². The van der Waals surface area contributed by atoms with Gasteiger partial charge in [0.2, 0.25) is 5.82 Å². The van der Waals surface area contributed by atoms with Crippen molar-refractivity contribution < 1.29 is 31.5 Å². The zero-order valence-electron chi connectivity index (χ0n) is 13.4. The first-order chi connectivity index (χ1) is 12.2. The maximum absolute atomic E-state index is 13.6. The third kappa shape index (κ3) is 4.14. The van der Waals surface area contributed by atoms with E-state index in [1.54, 1.807) is 30.3 Å². The van der Waals surface area contributed by atoms with Gasteiger partial charge < -0.3 is 5.32 Å². The molecule has 0 saturated heterocycles. The molecular weight excluding hydrogens is 357 g/mol. The van der Waals surface area contributed by atoms with Crippen LogP contribution < -0.4 is 5.32 Å². The number of carbonyl (C=O) groups is 2. The van der Waals surface area contributed by atoms with Crippen molar-refractivity contribution in [1.82, 2.24) is 5.32 Å². The highest BCUT2D eigenvalue weighted by Gasteiger charge is 2.29. The summed E-state index contributed by atoms with van der Waals surface area (Å²) in [7, 11) is 0. The van der Waals surface area contributed by atoms with E-state index in [0.717, 1.165) is 0 Å². The highest BCUT2D eigenvalue weighted by Crippen LogP contribution is 2.23. The van der Waals surface area contributed by atoms with Crippen molar-refractivity contribution in [2.24, 2.45) is 0 Å². The minimum absolute atomic E-state index is 0.135. The second kappa shape index (κ2) is 7.90. The Hall–Kier alpha value is -3.03. The van der Waals surface area contributed by atoms with Crippen LogP contribution in [0.2, 0.25) is 0 Å². The smallest absolute Gasteiger partial charge is 0.257 e. The SMILES string of the molecule is CC(=O)/C=C/c1ccc(CNC(=O)c2c(F)c(F)c(F)c(F)c2F)cc1. The lowest BCUT2D eigenvalue weighted by molar-refractivity contribution is -0.112. The third-order valence-corrected chi connectivity index (χ3v) is 3.38. The minimum Gasteiger partial charge on any atom is -0.348 e. The Morgan fingerprint density at radius 1 is 0.885 bits per heavy atom. The Balaban J connectivity index is 2.14. The number of allylic oxidation sites excluding steroid dienone is 1. The van der Waals surface area contributed by atoms with E-state index in [2.05, 4.69) is 5.32 Å². The van der Waals surface area contributed by atoms with Gasteiger partial charge in [0.05, 0.1) is 0 Å². The van der Waals surface area contributed by atoms with Crippen LogP contribution in [0.3, 0.4) is 0 Å². The molecule has 0 atom stereocenters. The van der Waals surface area contributed by atoms with Gasteiger partial charge in [-0.1, -0.05) is 30.3 Å². The first-order valence-corrected chi connectivity index (χ1v) is 7.29. The zero-order valence-corrected chi connectivity index (χ0v) is 13.4. The number of nitrogens with one attached hydrogen (secondary N) is 1. The van der Waals surface area contributed by atoms with Gasteiger partial charge in [-0.05, 0) is 24.1 Å². The van der Waals surface area contributed by atoms with E-state index in [4.69, 9.17) is 0 Å². The number of ketones is 1. The van der Waals surface area contributed by atoms with Crippen molar-refractivity contribution in [3.63, 3.8) is 0 Å². The molecule has 2 aromatic carbocycles. The molecule has 0 heterocycles. The fraction of sp³-hybridized carbons (Fsp3) is 0.111. The lowest BCUT2D eigenvalue weighted by Gasteiger charge is -2.09. The number of benzene rings is 2. The van der Waals surface area contributed by atoms with Gasteiger partial charge in [-0.15, -0.1) is 0 Å². The first-order valence-electron chi connectivity index (χ1n) is 7.29. The number of halogens is 5. The van der Waals surface area contributed by atoms with Crippen LogP contribution in [0.15, 0.2) is 30.3 Å². The fourth-order valence-corrected chi connectivity index (χ4v) is 2.04. The number of hydrogen-bond donors (Lipinski definition) is 1. The van der Waals surface area contributed by atoms with Gasteiger partial charge in [0.15, 0.2) is 29.1 Å². The van der Waals surface area contributed by atoms with Gasteiger partial charge in [-0.3, -0.25) is 9.59 Å². The summed E-state index contributed by atoms with van der Waals surface area (Å²) < 4.78 is 66.4. The van der Waals surface area contributed by atoms with E-state index < -0.39 is 40.6 Å². The van der Waals surface area contributed by atoms with Crippen molar-refractivity contribution in [2.75, 3.05) is 0 Å². The van der Waals surface area contributed by atoms with E-state index in [9.17, 15) is 31.5 Å². The Kier molecular flexibility index (Phi) is 5.86. The molecule has 1 amide bonds.